The number of imidazole rings is 1. The van der Waals surface area contributed by atoms with E-state index in [0.717, 1.165) is 55.5 Å². The number of benzene rings is 2. The standard InChI is InChI=1S/C40H45FN6O3/c1-40(2,3)44(4)24-27-11-15-28(16-12-27)29-8-7-9-32(21-29)46-37-33(22-30(41)23-42-37)38(49)47(39(46)50)31-17-13-26(14-18-31)20-35(48)34-25-45-19-6-5-10-36(45)43-34/h7-9,11-12,15-16,21-23,25-26,31H,5-6,10,13-14,17-20,24H2,1-4H3. The highest BCUT2D eigenvalue weighted by Crippen LogP contribution is 2.34. The number of rotatable bonds is 8. The number of carbonyl (C=O) groups excluding carboxylic acids is 1. The molecule has 0 spiro atoms. The molecule has 0 atom stereocenters. The van der Waals surface area contributed by atoms with Gasteiger partial charge < -0.3 is 4.57 Å². The zero-order valence-electron chi connectivity index (χ0n) is 29.4. The van der Waals surface area contributed by atoms with Gasteiger partial charge in [-0.25, -0.2) is 23.7 Å². The maximum atomic E-state index is 14.5. The van der Waals surface area contributed by atoms with Gasteiger partial charge in [0.2, 0.25) is 0 Å². The minimum Gasteiger partial charge on any atom is -0.334 e. The first-order chi connectivity index (χ1) is 24.0. The first-order valence-corrected chi connectivity index (χ1v) is 17.8. The molecule has 1 aliphatic carbocycles. The summed E-state index contributed by atoms with van der Waals surface area (Å²) >= 11 is 0. The van der Waals surface area contributed by atoms with Gasteiger partial charge in [-0.15, -0.1) is 0 Å². The minimum atomic E-state index is -0.638. The second-order valence-electron chi connectivity index (χ2n) is 15.1. The summed E-state index contributed by atoms with van der Waals surface area (Å²) in [5, 5.41) is 0.0587. The molecule has 2 aliphatic rings. The monoisotopic (exact) mass is 676 g/mol. The number of aryl methyl sites for hydroxylation is 2. The normalized spacial score (nSPS) is 18.0. The zero-order valence-corrected chi connectivity index (χ0v) is 29.4. The third-order valence-electron chi connectivity index (χ3n) is 10.7. The second-order valence-corrected chi connectivity index (χ2v) is 15.1. The van der Waals surface area contributed by atoms with E-state index >= 15 is 0 Å². The van der Waals surface area contributed by atoms with E-state index in [1.165, 1.54) is 20.8 Å². The molecule has 7 rings (SSSR count). The van der Waals surface area contributed by atoms with Crippen molar-refractivity contribution in [3.8, 4) is 16.8 Å². The average molecular weight is 677 g/mol. The van der Waals surface area contributed by atoms with Crippen molar-refractivity contribution in [3.05, 3.63) is 111 Å². The van der Waals surface area contributed by atoms with Gasteiger partial charge in [-0.1, -0.05) is 36.4 Å². The van der Waals surface area contributed by atoms with Crippen LogP contribution in [0.4, 0.5) is 4.39 Å². The molecule has 0 N–H and O–H groups in total. The molecule has 50 heavy (non-hydrogen) atoms. The van der Waals surface area contributed by atoms with Crippen LogP contribution in [0, 0.1) is 11.7 Å². The van der Waals surface area contributed by atoms with Gasteiger partial charge in [0.05, 0.1) is 17.3 Å². The van der Waals surface area contributed by atoms with Crippen molar-refractivity contribution in [2.75, 3.05) is 7.05 Å². The number of ketones is 1. The fourth-order valence-corrected chi connectivity index (χ4v) is 7.40. The molecule has 0 saturated heterocycles. The third kappa shape index (κ3) is 6.73. The molecule has 0 bridgehead atoms. The van der Waals surface area contributed by atoms with Crippen molar-refractivity contribution in [2.45, 2.75) is 96.8 Å². The SMILES string of the molecule is CN(Cc1ccc(-c2cccc(-n3c(=O)n(C4CCC(CC(=O)c5cn6c(n5)CCCC6)CC4)c(=O)c4cc(F)cnc43)c2)cc1)C(C)(C)C. The molecule has 1 saturated carbocycles. The Morgan fingerprint density at radius 1 is 0.980 bits per heavy atom. The smallest absolute Gasteiger partial charge is 0.334 e. The first-order valence-electron chi connectivity index (χ1n) is 17.8. The molecule has 3 aromatic heterocycles. The predicted molar refractivity (Wildman–Crippen MR) is 193 cm³/mol. The summed E-state index contributed by atoms with van der Waals surface area (Å²) in [7, 11) is 2.11. The zero-order chi connectivity index (χ0) is 35.2. The Kier molecular flexibility index (Phi) is 9.15. The minimum absolute atomic E-state index is 0.0499. The molecule has 0 amide bonds. The number of hydrogen-bond donors (Lipinski definition) is 0. The number of Topliss-reactive ketones (excluding diaryl/α,β-unsaturated/α-hetero) is 1. The molecule has 4 heterocycles. The van der Waals surface area contributed by atoms with Gasteiger partial charge in [-0.2, -0.15) is 0 Å². The predicted octanol–water partition coefficient (Wildman–Crippen LogP) is 7.12. The van der Waals surface area contributed by atoms with Gasteiger partial charge in [0.15, 0.2) is 11.4 Å². The summed E-state index contributed by atoms with van der Waals surface area (Å²) < 4.78 is 19.4. The Hall–Kier alpha value is -4.70. The number of pyridine rings is 1. The van der Waals surface area contributed by atoms with E-state index in [4.69, 9.17) is 0 Å². The van der Waals surface area contributed by atoms with Crippen LogP contribution in [0.15, 0.2) is 76.6 Å². The summed E-state index contributed by atoms with van der Waals surface area (Å²) in [6.45, 7) is 8.29. The van der Waals surface area contributed by atoms with E-state index in [2.05, 4.69) is 71.5 Å². The molecule has 2 aromatic carbocycles. The number of carbonyl (C=O) groups is 1. The van der Waals surface area contributed by atoms with Crippen LogP contribution in [0.2, 0.25) is 0 Å². The van der Waals surface area contributed by atoms with Gasteiger partial charge in [0, 0.05) is 43.7 Å². The number of fused-ring (bicyclic) bond motifs is 2. The number of halogens is 1. The lowest BCUT2D eigenvalue weighted by molar-refractivity contribution is 0.0938. The van der Waals surface area contributed by atoms with Gasteiger partial charge in [-0.05, 0) is 107 Å². The lowest BCUT2D eigenvalue weighted by Crippen LogP contribution is -2.43. The van der Waals surface area contributed by atoms with Crippen molar-refractivity contribution in [3.63, 3.8) is 0 Å². The lowest BCUT2D eigenvalue weighted by atomic mass is 9.82. The number of hydrogen-bond acceptors (Lipinski definition) is 6. The van der Waals surface area contributed by atoms with Crippen LogP contribution in [0.1, 0.15) is 93.6 Å². The Bertz CT molecular complexity index is 2140. The first kappa shape index (κ1) is 33.8. The van der Waals surface area contributed by atoms with E-state index in [9.17, 15) is 18.8 Å². The molecular weight excluding hydrogens is 631 g/mol. The highest BCUT2D eigenvalue weighted by atomic mass is 19.1. The van der Waals surface area contributed by atoms with Crippen LogP contribution in [0.5, 0.6) is 0 Å². The lowest BCUT2D eigenvalue weighted by Gasteiger charge is -2.31. The Morgan fingerprint density at radius 3 is 2.46 bits per heavy atom. The molecule has 0 unspecified atom stereocenters. The fraction of sp³-hybridized carbons (Fsp3) is 0.425. The highest BCUT2D eigenvalue weighted by Gasteiger charge is 2.29. The van der Waals surface area contributed by atoms with Crippen molar-refractivity contribution in [1.29, 1.82) is 0 Å². The number of aromatic nitrogens is 5. The Balaban J connectivity index is 1.16. The number of nitrogens with zero attached hydrogens (tertiary/aromatic N) is 6. The Labute approximate surface area is 291 Å². The van der Waals surface area contributed by atoms with Crippen LogP contribution < -0.4 is 11.2 Å². The quantitative estimate of drug-likeness (QED) is 0.163. The molecular formula is C40H45FN6O3. The maximum Gasteiger partial charge on any atom is 0.337 e. The van der Waals surface area contributed by atoms with Crippen molar-refractivity contribution in [2.24, 2.45) is 5.92 Å². The largest absolute Gasteiger partial charge is 0.337 e. The summed E-state index contributed by atoms with van der Waals surface area (Å²) in [5.41, 5.74) is 3.31. The third-order valence-corrected chi connectivity index (χ3v) is 10.7. The topological polar surface area (TPSA) is 95.0 Å². The van der Waals surface area contributed by atoms with Crippen LogP contribution in [-0.4, -0.2) is 46.9 Å². The molecule has 1 aliphatic heterocycles. The summed E-state index contributed by atoms with van der Waals surface area (Å²) in [5.74, 6) is 0.547. The van der Waals surface area contributed by atoms with Gasteiger partial charge in [0.25, 0.3) is 5.56 Å². The van der Waals surface area contributed by atoms with E-state index in [1.807, 2.05) is 30.5 Å². The molecule has 260 valence electrons. The molecule has 0 radical (unpaired) electrons. The van der Waals surface area contributed by atoms with Crippen LogP contribution >= 0.6 is 0 Å². The van der Waals surface area contributed by atoms with E-state index < -0.39 is 17.1 Å². The van der Waals surface area contributed by atoms with Crippen LogP contribution in [0.25, 0.3) is 27.8 Å². The summed E-state index contributed by atoms with van der Waals surface area (Å²) in [4.78, 5) is 52.5. The fourth-order valence-electron chi connectivity index (χ4n) is 7.40. The molecule has 1 fully saturated rings. The van der Waals surface area contributed by atoms with Crippen molar-refractivity contribution in [1.82, 2.24) is 28.6 Å². The molecule has 10 heteroatoms. The van der Waals surface area contributed by atoms with E-state index in [-0.39, 0.29) is 34.3 Å². The van der Waals surface area contributed by atoms with Gasteiger partial charge >= 0.3 is 5.69 Å². The summed E-state index contributed by atoms with van der Waals surface area (Å²) in [6, 6.07) is 16.8. The Morgan fingerprint density at radius 2 is 1.74 bits per heavy atom. The maximum absolute atomic E-state index is 14.5. The summed E-state index contributed by atoms with van der Waals surface area (Å²) in [6.07, 6.45) is 8.98. The van der Waals surface area contributed by atoms with Crippen LogP contribution in [0.3, 0.4) is 0 Å². The molecule has 5 aromatic rings. The van der Waals surface area contributed by atoms with E-state index in [0.29, 0.717) is 43.5 Å². The second kappa shape index (κ2) is 13.5. The highest BCUT2D eigenvalue weighted by molar-refractivity contribution is 5.94. The van der Waals surface area contributed by atoms with Crippen LogP contribution in [-0.2, 0) is 19.5 Å². The van der Waals surface area contributed by atoms with Crippen molar-refractivity contribution >= 4 is 16.8 Å². The van der Waals surface area contributed by atoms with Crippen molar-refractivity contribution < 1.29 is 9.18 Å². The van der Waals surface area contributed by atoms with E-state index in [1.54, 1.807) is 0 Å². The van der Waals surface area contributed by atoms with Gasteiger partial charge in [0.1, 0.15) is 17.3 Å². The molecule has 9 nitrogen and oxygen atoms in total. The average Bonchev–Trinajstić information content (AvgIpc) is 3.54. The van der Waals surface area contributed by atoms with Gasteiger partial charge in [-0.3, -0.25) is 19.1 Å².